The molecule has 0 amide bonds. The first-order valence-corrected chi connectivity index (χ1v) is 23.2. The first-order valence-electron chi connectivity index (χ1n) is 21.7. The number of hydrogen-bond donors (Lipinski definition) is 2. The molecule has 0 bridgehead atoms. The number of phosphoric ester groups is 1. The third kappa shape index (κ3) is 30.2. The van der Waals surface area contributed by atoms with E-state index in [4.69, 9.17) is 18.5 Å². The van der Waals surface area contributed by atoms with Gasteiger partial charge in [0.2, 0.25) is 0 Å². The molecule has 0 fully saturated rings. The fourth-order valence-electron chi connectivity index (χ4n) is 5.96. The molecule has 1 aliphatic rings. The van der Waals surface area contributed by atoms with E-state index in [1.165, 1.54) is 0 Å². The van der Waals surface area contributed by atoms with E-state index in [1.54, 1.807) is 12.2 Å². The van der Waals surface area contributed by atoms with Crippen LogP contribution in [0.5, 0.6) is 0 Å². The second-order valence-electron chi connectivity index (χ2n) is 16.0. The second-order valence-corrected chi connectivity index (χ2v) is 17.5. The van der Waals surface area contributed by atoms with Gasteiger partial charge in [-0.3, -0.25) is 23.4 Å². The average molecular weight is 835 g/mol. The molecule has 1 aliphatic carbocycles. The van der Waals surface area contributed by atoms with E-state index in [0.29, 0.717) is 43.1 Å². The summed E-state index contributed by atoms with van der Waals surface area (Å²) in [6, 6.07) is 0. The number of allylic oxidation sites excluding steroid dienone is 11. The van der Waals surface area contributed by atoms with Gasteiger partial charge in [-0.15, -0.1) is 0 Å². The molecular weight excluding hydrogens is 757 g/mol. The number of esters is 2. The van der Waals surface area contributed by atoms with Crippen molar-refractivity contribution < 1.29 is 52.0 Å². The Kier molecular flexibility index (Phi) is 30.1. The first kappa shape index (κ1) is 53.1. The van der Waals surface area contributed by atoms with Gasteiger partial charge in [-0.2, -0.15) is 0 Å². The van der Waals surface area contributed by atoms with Gasteiger partial charge in [0.05, 0.1) is 33.9 Å². The van der Waals surface area contributed by atoms with Gasteiger partial charge < -0.3 is 24.0 Å². The molecule has 0 aromatic heterocycles. The Labute approximate surface area is 350 Å². The molecule has 11 nitrogen and oxygen atoms in total. The molecule has 0 aliphatic heterocycles. The Hall–Kier alpha value is -2.92. The number of aliphatic hydroxyl groups is 1. The predicted octanol–water partition coefficient (Wildman–Crippen LogP) is 9.86. The molecule has 2 N–H and O–H groups in total. The van der Waals surface area contributed by atoms with Gasteiger partial charge in [-0.1, -0.05) is 119 Å². The summed E-state index contributed by atoms with van der Waals surface area (Å²) in [5.41, 5.74) is 0. The quantitative estimate of drug-likeness (QED) is 0.0208. The van der Waals surface area contributed by atoms with Crippen LogP contribution in [-0.2, 0) is 37.5 Å². The van der Waals surface area contributed by atoms with Crippen LogP contribution < -0.4 is 0 Å². The zero-order valence-electron chi connectivity index (χ0n) is 36.3. The van der Waals surface area contributed by atoms with E-state index < -0.39 is 38.6 Å². The number of quaternary nitrogens is 1. The highest BCUT2D eigenvalue weighted by Crippen LogP contribution is 2.43. The number of likely N-dealkylation sites (N-methyl/N-ethyl adjacent to an activating group) is 1. The molecule has 0 heterocycles. The summed E-state index contributed by atoms with van der Waals surface area (Å²) in [5.74, 6) is -1.21. The third-order valence-corrected chi connectivity index (χ3v) is 10.5. The van der Waals surface area contributed by atoms with Crippen molar-refractivity contribution in [2.45, 2.75) is 142 Å². The van der Waals surface area contributed by atoms with Crippen LogP contribution in [-0.4, -0.2) is 91.9 Å². The first-order chi connectivity index (χ1) is 27.8. The van der Waals surface area contributed by atoms with Gasteiger partial charge in [-0.25, -0.2) is 4.57 Å². The largest absolute Gasteiger partial charge is 0.472 e. The van der Waals surface area contributed by atoms with Crippen LogP contribution in [0, 0.1) is 11.8 Å². The van der Waals surface area contributed by atoms with Crippen LogP contribution in [0.2, 0.25) is 0 Å². The molecule has 58 heavy (non-hydrogen) atoms. The molecule has 12 heteroatoms. The van der Waals surface area contributed by atoms with Crippen LogP contribution in [0.15, 0.2) is 72.9 Å². The smallest absolute Gasteiger partial charge is 0.462 e. The Morgan fingerprint density at radius 1 is 0.810 bits per heavy atom. The number of ether oxygens (including phenoxy) is 2. The van der Waals surface area contributed by atoms with Gasteiger partial charge in [0.1, 0.15) is 19.8 Å². The van der Waals surface area contributed by atoms with Crippen molar-refractivity contribution in [3.8, 4) is 0 Å². The van der Waals surface area contributed by atoms with Crippen LogP contribution in [0.3, 0.4) is 0 Å². The van der Waals surface area contributed by atoms with Crippen molar-refractivity contribution in [3.63, 3.8) is 0 Å². The zero-order chi connectivity index (χ0) is 42.9. The summed E-state index contributed by atoms with van der Waals surface area (Å²) in [5, 5.41) is 10.2. The highest BCUT2D eigenvalue weighted by molar-refractivity contribution is 7.47. The Morgan fingerprint density at radius 3 is 2.19 bits per heavy atom. The average Bonchev–Trinajstić information content (AvgIpc) is 3.52. The van der Waals surface area contributed by atoms with Crippen LogP contribution >= 0.6 is 7.82 Å². The van der Waals surface area contributed by atoms with Crippen molar-refractivity contribution in [2.24, 2.45) is 11.8 Å². The maximum Gasteiger partial charge on any atom is 0.472 e. The highest BCUT2D eigenvalue weighted by atomic mass is 31.2. The normalized spacial score (nSPS) is 18.4. The van der Waals surface area contributed by atoms with Crippen molar-refractivity contribution in [2.75, 3.05) is 47.5 Å². The minimum Gasteiger partial charge on any atom is -0.462 e. The fraction of sp³-hybridized carbons (Fsp3) is 0.674. The number of carbonyl (C=O) groups is 3. The van der Waals surface area contributed by atoms with E-state index in [0.717, 1.165) is 70.6 Å². The molecule has 0 saturated carbocycles. The van der Waals surface area contributed by atoms with Crippen molar-refractivity contribution in [1.82, 2.24) is 0 Å². The number of nitrogens with zero attached hydrogens (tertiary/aromatic N) is 1. The van der Waals surface area contributed by atoms with E-state index in [9.17, 15) is 28.9 Å². The minimum absolute atomic E-state index is 0.0110. The second kappa shape index (κ2) is 32.9. The van der Waals surface area contributed by atoms with E-state index in [-0.39, 0.29) is 43.7 Å². The number of rotatable bonds is 35. The van der Waals surface area contributed by atoms with Gasteiger partial charge in [0, 0.05) is 18.8 Å². The van der Waals surface area contributed by atoms with Crippen molar-refractivity contribution in [1.29, 1.82) is 0 Å². The number of ketones is 1. The molecule has 0 radical (unpaired) electrons. The molecule has 0 spiro atoms. The van der Waals surface area contributed by atoms with Crippen molar-refractivity contribution >= 4 is 25.5 Å². The summed E-state index contributed by atoms with van der Waals surface area (Å²) in [4.78, 5) is 47.9. The Balaban J connectivity index is 2.50. The topological polar surface area (TPSA) is 146 Å². The molecule has 5 atom stereocenters. The number of hydrogen-bond acceptors (Lipinski definition) is 9. The van der Waals surface area contributed by atoms with Crippen molar-refractivity contribution in [3.05, 3.63) is 72.9 Å². The molecule has 330 valence electrons. The standard InChI is InChI=1S/C46H76NO10P/c1-6-8-10-11-12-13-14-15-16-17-18-19-20-21-26-30-45(50)54-38-42(39-56-58(52,53)55-37-36-47(3,4)5)57-46(51)31-27-23-22-25-28-40-32-35-44(49)43(40)34-33-41(48)29-24-9-7-2/h8,10,12-13,15-16,22,25,32-35,40-43,48H,6-7,9,11,14,17-21,23-24,26-31,36-39H2,1-5H3/p+1/b10-8-,13-12-,16-15-,25-22-,34-33+/t40-,41-,42+,43+/m0/s1. The number of aliphatic hydroxyl groups excluding tert-OH is 1. The van der Waals surface area contributed by atoms with Crippen LogP contribution in [0.1, 0.15) is 129 Å². The Morgan fingerprint density at radius 2 is 1.47 bits per heavy atom. The maximum absolute atomic E-state index is 12.8. The maximum atomic E-state index is 12.8. The highest BCUT2D eigenvalue weighted by Gasteiger charge is 2.28. The predicted molar refractivity (Wildman–Crippen MR) is 233 cm³/mol. The lowest BCUT2D eigenvalue weighted by molar-refractivity contribution is -0.870. The molecule has 1 rings (SSSR count). The lowest BCUT2D eigenvalue weighted by atomic mass is 9.90. The SMILES string of the molecule is CC/C=C\C/C=C\C/C=C\CCCCCCCC(=O)OC[C@H](COP(=O)(O)OCC[N+](C)(C)C)OC(=O)CCC/C=C\C[C@H]1C=CC(=O)[C@@H]1/C=C/[C@@H](O)CCCCC. The molecular formula is C46H77NO10P+. The summed E-state index contributed by atoms with van der Waals surface area (Å²) in [6.07, 6.45) is 37.2. The third-order valence-electron chi connectivity index (χ3n) is 9.47. The molecule has 1 unspecified atom stereocenters. The lowest BCUT2D eigenvalue weighted by Gasteiger charge is -2.24. The van der Waals surface area contributed by atoms with Crippen LogP contribution in [0.25, 0.3) is 0 Å². The van der Waals surface area contributed by atoms with Crippen LogP contribution in [0.4, 0.5) is 0 Å². The van der Waals surface area contributed by atoms with Gasteiger partial charge >= 0.3 is 19.8 Å². The summed E-state index contributed by atoms with van der Waals surface area (Å²) in [6.45, 7) is 3.93. The number of carbonyl (C=O) groups excluding carboxylic acids is 3. The van der Waals surface area contributed by atoms with E-state index >= 15 is 0 Å². The van der Waals surface area contributed by atoms with Gasteiger partial charge in [-0.05, 0) is 76.2 Å². The molecule has 0 aromatic rings. The number of phosphoric acid groups is 1. The summed E-state index contributed by atoms with van der Waals surface area (Å²) < 4.78 is 34.2. The number of unbranched alkanes of at least 4 members (excludes halogenated alkanes) is 8. The summed E-state index contributed by atoms with van der Waals surface area (Å²) in [7, 11) is 1.33. The summed E-state index contributed by atoms with van der Waals surface area (Å²) >= 11 is 0. The lowest BCUT2D eigenvalue weighted by Crippen LogP contribution is -2.37. The van der Waals surface area contributed by atoms with E-state index in [1.807, 2.05) is 45.4 Å². The molecule has 0 saturated heterocycles. The Bertz CT molecular complexity index is 1360. The van der Waals surface area contributed by atoms with Gasteiger partial charge in [0.15, 0.2) is 11.9 Å². The fourth-order valence-corrected chi connectivity index (χ4v) is 6.70. The van der Waals surface area contributed by atoms with Gasteiger partial charge in [0.25, 0.3) is 0 Å². The minimum atomic E-state index is -4.44. The van der Waals surface area contributed by atoms with E-state index in [2.05, 4.69) is 50.3 Å². The zero-order valence-corrected chi connectivity index (χ0v) is 37.2. The molecule has 0 aromatic carbocycles. The monoisotopic (exact) mass is 835 g/mol.